The van der Waals surface area contributed by atoms with Crippen LogP contribution in [-0.4, -0.2) is 27.2 Å². The average Bonchev–Trinajstić information content (AvgIpc) is 2.52. The van der Waals surface area contributed by atoms with E-state index in [9.17, 15) is 13.2 Å². The van der Waals surface area contributed by atoms with Gasteiger partial charge in [0.25, 0.3) is 0 Å². The van der Waals surface area contributed by atoms with Crippen molar-refractivity contribution in [1.29, 1.82) is 0 Å². The molecule has 2 aromatic carbocycles. The van der Waals surface area contributed by atoms with E-state index in [1.807, 2.05) is 36.4 Å². The molecule has 2 rings (SSSR count). The molecule has 0 fully saturated rings. The number of rotatable bonds is 5. The number of sulfone groups is 1. The quantitative estimate of drug-likeness (QED) is 0.796. The summed E-state index contributed by atoms with van der Waals surface area (Å²) < 4.78 is 28.0. The Labute approximate surface area is 130 Å². The van der Waals surface area contributed by atoms with Crippen LogP contribution in [0.25, 0.3) is 6.08 Å². The van der Waals surface area contributed by atoms with Crippen LogP contribution in [0.2, 0.25) is 0 Å². The van der Waals surface area contributed by atoms with Gasteiger partial charge in [0.2, 0.25) is 0 Å². The zero-order valence-corrected chi connectivity index (χ0v) is 12.9. The molecule has 0 atom stereocenters. The number of hydrogen-bond acceptors (Lipinski definition) is 4. The maximum absolute atomic E-state index is 11.9. The van der Waals surface area contributed by atoms with E-state index >= 15 is 0 Å². The molecule has 0 aliphatic rings. The summed E-state index contributed by atoms with van der Waals surface area (Å²) in [6.45, 7) is 0.122. The largest absolute Gasteiger partial charge is 0.458 e. The molecule has 0 heterocycles. The fourth-order valence-corrected chi connectivity index (χ4v) is 2.48. The predicted octanol–water partition coefficient (Wildman–Crippen LogP) is 2.96. The highest BCUT2D eigenvalue weighted by Gasteiger charge is 2.12. The van der Waals surface area contributed by atoms with Crippen LogP contribution in [0.1, 0.15) is 15.9 Å². The Bertz CT molecular complexity index is 777. The summed E-state index contributed by atoms with van der Waals surface area (Å²) in [5.41, 5.74) is 1.23. The van der Waals surface area contributed by atoms with Crippen LogP contribution in [0, 0.1) is 0 Å². The smallest absolute Gasteiger partial charge is 0.338 e. The molecule has 0 bridgehead atoms. The van der Waals surface area contributed by atoms with E-state index in [1.54, 1.807) is 6.08 Å². The Hall–Kier alpha value is -2.40. The van der Waals surface area contributed by atoms with Crippen molar-refractivity contribution >= 4 is 21.9 Å². The van der Waals surface area contributed by atoms with E-state index in [0.717, 1.165) is 11.8 Å². The van der Waals surface area contributed by atoms with Gasteiger partial charge in [-0.1, -0.05) is 42.5 Å². The molecule has 5 heteroatoms. The first kappa shape index (κ1) is 16.0. The molecule has 0 N–H and O–H groups in total. The first-order valence-corrected chi connectivity index (χ1v) is 8.55. The normalized spacial score (nSPS) is 11.5. The van der Waals surface area contributed by atoms with Crippen molar-refractivity contribution in [3.63, 3.8) is 0 Å². The molecule has 114 valence electrons. The first-order valence-electron chi connectivity index (χ1n) is 6.65. The topological polar surface area (TPSA) is 60.4 Å². The minimum absolute atomic E-state index is 0.0989. The van der Waals surface area contributed by atoms with E-state index in [1.165, 1.54) is 24.3 Å². The zero-order chi connectivity index (χ0) is 16.0. The van der Waals surface area contributed by atoms with Crippen molar-refractivity contribution in [2.24, 2.45) is 0 Å². The summed E-state index contributed by atoms with van der Waals surface area (Å²) in [5, 5.41) is 0. The molecule has 0 aromatic heterocycles. The molecule has 0 radical (unpaired) electrons. The minimum atomic E-state index is -3.34. The Morgan fingerprint density at radius 2 is 1.82 bits per heavy atom. The molecular formula is C17H16O4S. The summed E-state index contributed by atoms with van der Waals surface area (Å²) >= 11 is 0. The van der Waals surface area contributed by atoms with Crippen LogP contribution in [0.3, 0.4) is 0 Å². The van der Waals surface area contributed by atoms with Crippen LogP contribution in [0.5, 0.6) is 0 Å². The molecule has 4 nitrogen and oxygen atoms in total. The zero-order valence-electron chi connectivity index (χ0n) is 12.1. The Morgan fingerprint density at radius 1 is 1.09 bits per heavy atom. The number of ether oxygens (including phenoxy) is 1. The minimum Gasteiger partial charge on any atom is -0.458 e. The molecular weight excluding hydrogens is 300 g/mol. The van der Waals surface area contributed by atoms with E-state index in [-0.39, 0.29) is 17.1 Å². The molecule has 2 aromatic rings. The molecule has 22 heavy (non-hydrogen) atoms. The highest BCUT2D eigenvalue weighted by atomic mass is 32.2. The first-order chi connectivity index (χ1) is 10.5. The highest BCUT2D eigenvalue weighted by Crippen LogP contribution is 2.12. The highest BCUT2D eigenvalue weighted by molar-refractivity contribution is 7.90. The van der Waals surface area contributed by atoms with Gasteiger partial charge in [-0.3, -0.25) is 0 Å². The van der Waals surface area contributed by atoms with Crippen LogP contribution in [-0.2, 0) is 14.6 Å². The molecule has 0 amide bonds. The Balaban J connectivity index is 1.97. The Morgan fingerprint density at radius 3 is 2.50 bits per heavy atom. The second kappa shape index (κ2) is 7.04. The molecule has 0 saturated carbocycles. The van der Waals surface area contributed by atoms with Gasteiger partial charge in [0.1, 0.15) is 6.61 Å². The average molecular weight is 316 g/mol. The third kappa shape index (κ3) is 4.56. The van der Waals surface area contributed by atoms with Gasteiger partial charge in [0, 0.05) is 6.26 Å². The fourth-order valence-electron chi connectivity index (χ4n) is 1.81. The second-order valence-corrected chi connectivity index (χ2v) is 6.73. The van der Waals surface area contributed by atoms with Gasteiger partial charge < -0.3 is 4.74 Å². The van der Waals surface area contributed by atoms with E-state index in [0.29, 0.717) is 0 Å². The number of benzene rings is 2. The summed E-state index contributed by atoms with van der Waals surface area (Å²) in [6.07, 6.45) is 4.67. The lowest BCUT2D eigenvalue weighted by Gasteiger charge is -2.04. The summed E-state index contributed by atoms with van der Waals surface area (Å²) in [5.74, 6) is -0.553. The number of esters is 1. The number of hydrogen-bond donors (Lipinski definition) is 0. The van der Waals surface area contributed by atoms with Gasteiger partial charge >= 0.3 is 5.97 Å². The predicted molar refractivity (Wildman–Crippen MR) is 85.3 cm³/mol. The van der Waals surface area contributed by atoms with Crippen molar-refractivity contribution in [1.82, 2.24) is 0 Å². The van der Waals surface area contributed by atoms with Crippen LogP contribution < -0.4 is 0 Å². The Kier molecular flexibility index (Phi) is 5.12. The lowest BCUT2D eigenvalue weighted by atomic mass is 10.2. The van der Waals surface area contributed by atoms with E-state index in [4.69, 9.17) is 4.74 Å². The maximum atomic E-state index is 11.9. The molecule has 0 aliphatic heterocycles. The third-order valence-electron chi connectivity index (χ3n) is 2.92. The van der Waals surface area contributed by atoms with Gasteiger partial charge in [-0.15, -0.1) is 0 Å². The fraction of sp³-hybridized carbons (Fsp3) is 0.118. The van der Waals surface area contributed by atoms with Gasteiger partial charge in [0.05, 0.1) is 10.5 Å². The van der Waals surface area contributed by atoms with Crippen LogP contribution in [0.4, 0.5) is 0 Å². The standard InChI is InChI=1S/C17H16O4S/c1-22(19,20)16-11-5-10-15(13-16)17(18)21-12-6-9-14-7-3-2-4-8-14/h2-11,13H,12H2,1H3/b9-6+. The molecule has 0 spiro atoms. The summed E-state index contributed by atoms with van der Waals surface area (Å²) in [7, 11) is -3.34. The monoisotopic (exact) mass is 316 g/mol. The second-order valence-electron chi connectivity index (χ2n) is 4.71. The summed E-state index contributed by atoms with van der Waals surface area (Å²) in [4.78, 5) is 12.0. The van der Waals surface area contributed by atoms with Crippen molar-refractivity contribution in [2.45, 2.75) is 4.90 Å². The van der Waals surface area contributed by atoms with Crippen molar-refractivity contribution in [3.8, 4) is 0 Å². The lowest BCUT2D eigenvalue weighted by Crippen LogP contribution is -2.06. The van der Waals surface area contributed by atoms with Gasteiger partial charge in [-0.2, -0.15) is 0 Å². The van der Waals surface area contributed by atoms with Crippen molar-refractivity contribution in [3.05, 3.63) is 71.8 Å². The molecule has 0 saturated heterocycles. The molecule has 0 aliphatic carbocycles. The van der Waals surface area contributed by atoms with E-state index < -0.39 is 15.8 Å². The van der Waals surface area contributed by atoms with Crippen molar-refractivity contribution in [2.75, 3.05) is 12.9 Å². The summed E-state index contributed by atoms with van der Waals surface area (Å²) in [6, 6.07) is 15.4. The molecule has 0 unspecified atom stereocenters. The van der Waals surface area contributed by atoms with Gasteiger partial charge in [-0.25, -0.2) is 13.2 Å². The lowest BCUT2D eigenvalue weighted by molar-refractivity contribution is 0.0550. The van der Waals surface area contributed by atoms with Crippen LogP contribution >= 0.6 is 0 Å². The number of carbonyl (C=O) groups is 1. The van der Waals surface area contributed by atoms with Crippen molar-refractivity contribution < 1.29 is 17.9 Å². The maximum Gasteiger partial charge on any atom is 0.338 e. The third-order valence-corrected chi connectivity index (χ3v) is 4.03. The van der Waals surface area contributed by atoms with Crippen LogP contribution in [0.15, 0.2) is 65.6 Å². The SMILES string of the molecule is CS(=O)(=O)c1cccc(C(=O)OC/C=C/c2ccccc2)c1. The van der Waals surface area contributed by atoms with E-state index in [2.05, 4.69) is 0 Å². The number of carbonyl (C=O) groups excluding carboxylic acids is 1. The van der Waals surface area contributed by atoms with Gasteiger partial charge in [0.15, 0.2) is 9.84 Å². The van der Waals surface area contributed by atoms with Gasteiger partial charge in [-0.05, 0) is 29.8 Å².